The monoisotopic (exact) mass is 480 g/mol. The second kappa shape index (κ2) is 7.88. The Bertz CT molecular complexity index is 725. The van der Waals surface area contributed by atoms with Gasteiger partial charge in [0.1, 0.15) is 11.3 Å². The third-order valence-electron chi connectivity index (χ3n) is 2.68. The fraction of sp³-hybridized carbons (Fsp3) is 0.188. The maximum Gasteiger partial charge on any atom is 0.347 e. The molecule has 0 unspecified atom stereocenters. The van der Waals surface area contributed by atoms with Crippen LogP contribution in [0.4, 0.5) is 0 Å². The molecule has 0 fully saturated rings. The Hall–Kier alpha value is -0.750. The Morgan fingerprint density at radius 1 is 1.13 bits per heavy atom. The molecule has 0 radical (unpaired) electrons. The summed E-state index contributed by atoms with van der Waals surface area (Å²) in [7, 11) is 0. The molecule has 0 aliphatic carbocycles. The van der Waals surface area contributed by atoms with Crippen molar-refractivity contribution in [2.45, 2.75) is 20.0 Å². The SMILES string of the molecule is CC(C)Oc1ccc(Br)cc1C(=O)Oc1c(Cl)cc(Cl)cc1Br. The molecular formula is C16H12Br2Cl2O3. The summed E-state index contributed by atoms with van der Waals surface area (Å²) < 4.78 is 12.3. The second-order valence-corrected chi connectivity index (χ2v) is 7.51. The van der Waals surface area contributed by atoms with Gasteiger partial charge >= 0.3 is 5.97 Å². The van der Waals surface area contributed by atoms with Gasteiger partial charge in [0.05, 0.1) is 15.6 Å². The van der Waals surface area contributed by atoms with E-state index in [9.17, 15) is 4.79 Å². The molecule has 23 heavy (non-hydrogen) atoms. The van der Waals surface area contributed by atoms with Crippen LogP contribution in [0.15, 0.2) is 39.3 Å². The quantitative estimate of drug-likeness (QED) is 0.367. The average Bonchev–Trinajstić information content (AvgIpc) is 2.44. The molecule has 0 spiro atoms. The summed E-state index contributed by atoms with van der Waals surface area (Å²) in [6.07, 6.45) is -0.0754. The van der Waals surface area contributed by atoms with Gasteiger partial charge in [0.15, 0.2) is 5.75 Å². The molecule has 0 amide bonds. The highest BCUT2D eigenvalue weighted by Gasteiger charge is 2.19. The topological polar surface area (TPSA) is 35.5 Å². The molecule has 0 saturated carbocycles. The van der Waals surface area contributed by atoms with E-state index in [0.29, 0.717) is 20.8 Å². The molecule has 2 aromatic rings. The van der Waals surface area contributed by atoms with Crippen LogP contribution in [0.2, 0.25) is 10.0 Å². The minimum absolute atomic E-state index is 0.0754. The number of hydrogen-bond donors (Lipinski definition) is 0. The lowest BCUT2D eigenvalue weighted by molar-refractivity contribution is 0.0727. The van der Waals surface area contributed by atoms with E-state index in [4.69, 9.17) is 32.7 Å². The van der Waals surface area contributed by atoms with Gasteiger partial charge in [-0.3, -0.25) is 0 Å². The Morgan fingerprint density at radius 2 is 1.83 bits per heavy atom. The highest BCUT2D eigenvalue weighted by molar-refractivity contribution is 9.10. The first-order valence-electron chi connectivity index (χ1n) is 6.61. The van der Waals surface area contributed by atoms with Gasteiger partial charge in [-0.15, -0.1) is 0 Å². The van der Waals surface area contributed by atoms with Gasteiger partial charge in [-0.1, -0.05) is 39.1 Å². The fourth-order valence-electron chi connectivity index (χ4n) is 1.79. The predicted octanol–water partition coefficient (Wildman–Crippen LogP) is 6.52. The molecule has 122 valence electrons. The van der Waals surface area contributed by atoms with Crippen molar-refractivity contribution in [1.29, 1.82) is 0 Å². The zero-order valence-electron chi connectivity index (χ0n) is 12.2. The molecule has 0 aromatic heterocycles. The first-order chi connectivity index (χ1) is 10.8. The van der Waals surface area contributed by atoms with Crippen LogP contribution in [-0.4, -0.2) is 12.1 Å². The van der Waals surface area contributed by atoms with Crippen LogP contribution in [0, 0.1) is 0 Å². The zero-order valence-corrected chi connectivity index (χ0v) is 16.9. The van der Waals surface area contributed by atoms with Crippen LogP contribution in [0.1, 0.15) is 24.2 Å². The van der Waals surface area contributed by atoms with Crippen molar-refractivity contribution in [2.24, 2.45) is 0 Å². The van der Waals surface area contributed by atoms with E-state index in [1.807, 2.05) is 13.8 Å². The summed E-state index contributed by atoms with van der Waals surface area (Å²) in [6, 6.07) is 8.24. The van der Waals surface area contributed by atoms with E-state index in [2.05, 4.69) is 31.9 Å². The largest absolute Gasteiger partial charge is 0.490 e. The van der Waals surface area contributed by atoms with Gasteiger partial charge in [0.2, 0.25) is 0 Å². The number of carbonyl (C=O) groups excluding carboxylic acids is 1. The van der Waals surface area contributed by atoms with Crippen LogP contribution in [0.3, 0.4) is 0 Å². The smallest absolute Gasteiger partial charge is 0.347 e. The Balaban J connectivity index is 2.36. The summed E-state index contributed by atoms with van der Waals surface area (Å²) in [5.41, 5.74) is 0.297. The Kier molecular flexibility index (Phi) is 6.37. The molecule has 2 rings (SSSR count). The molecule has 0 saturated heterocycles. The van der Waals surface area contributed by atoms with Crippen molar-refractivity contribution in [2.75, 3.05) is 0 Å². The van der Waals surface area contributed by atoms with Gasteiger partial charge in [0, 0.05) is 9.50 Å². The molecule has 0 heterocycles. The summed E-state index contributed by atoms with van der Waals surface area (Å²) >= 11 is 18.6. The van der Waals surface area contributed by atoms with Crippen LogP contribution < -0.4 is 9.47 Å². The molecule has 0 aliphatic heterocycles. The van der Waals surface area contributed by atoms with Crippen molar-refractivity contribution >= 4 is 61.0 Å². The lowest BCUT2D eigenvalue weighted by Crippen LogP contribution is -2.14. The van der Waals surface area contributed by atoms with Crippen LogP contribution in [-0.2, 0) is 0 Å². The fourth-order valence-corrected chi connectivity index (χ4v) is 3.47. The van der Waals surface area contributed by atoms with Gasteiger partial charge < -0.3 is 9.47 Å². The zero-order chi connectivity index (χ0) is 17.1. The molecule has 0 aliphatic rings. The van der Waals surface area contributed by atoms with Crippen molar-refractivity contribution in [3.8, 4) is 11.5 Å². The third-order valence-corrected chi connectivity index (χ3v) is 4.26. The standard InChI is InChI=1S/C16H12Br2Cl2O3/c1-8(2)22-14-4-3-9(17)5-11(14)16(21)23-15-12(18)6-10(19)7-13(15)20/h3-8H,1-2H3. The highest BCUT2D eigenvalue weighted by atomic mass is 79.9. The van der Waals surface area contributed by atoms with Crippen LogP contribution in [0.25, 0.3) is 0 Å². The van der Waals surface area contributed by atoms with E-state index < -0.39 is 5.97 Å². The van der Waals surface area contributed by atoms with E-state index in [1.165, 1.54) is 6.07 Å². The third kappa shape index (κ3) is 4.86. The summed E-state index contributed by atoms with van der Waals surface area (Å²) in [5.74, 6) is 0.0674. The number of rotatable bonds is 4. The highest BCUT2D eigenvalue weighted by Crippen LogP contribution is 2.37. The second-order valence-electron chi connectivity index (χ2n) is 4.90. The maximum absolute atomic E-state index is 12.5. The molecule has 0 N–H and O–H groups in total. The molecule has 0 bridgehead atoms. The van der Waals surface area contributed by atoms with Crippen molar-refractivity contribution < 1.29 is 14.3 Å². The number of esters is 1. The lowest BCUT2D eigenvalue weighted by atomic mass is 10.2. The molecule has 0 atom stereocenters. The van der Waals surface area contributed by atoms with Gasteiger partial charge in [-0.05, 0) is 60.1 Å². The van der Waals surface area contributed by atoms with E-state index in [1.54, 1.807) is 24.3 Å². The summed E-state index contributed by atoms with van der Waals surface area (Å²) in [5, 5.41) is 0.673. The normalized spacial score (nSPS) is 10.7. The van der Waals surface area contributed by atoms with Crippen molar-refractivity contribution in [3.05, 3.63) is 54.9 Å². The number of ether oxygens (including phenoxy) is 2. The van der Waals surface area contributed by atoms with Crippen LogP contribution in [0.5, 0.6) is 11.5 Å². The van der Waals surface area contributed by atoms with Crippen LogP contribution >= 0.6 is 55.1 Å². The number of halogens is 4. The molecule has 2 aromatic carbocycles. The summed E-state index contributed by atoms with van der Waals surface area (Å²) in [4.78, 5) is 12.5. The van der Waals surface area contributed by atoms with Crippen molar-refractivity contribution in [3.63, 3.8) is 0 Å². The van der Waals surface area contributed by atoms with Gasteiger partial charge in [-0.2, -0.15) is 0 Å². The Labute approximate surface area is 161 Å². The number of hydrogen-bond acceptors (Lipinski definition) is 3. The Morgan fingerprint density at radius 3 is 2.43 bits per heavy atom. The van der Waals surface area contributed by atoms with Gasteiger partial charge in [-0.25, -0.2) is 4.79 Å². The lowest BCUT2D eigenvalue weighted by Gasteiger charge is -2.15. The average molecular weight is 483 g/mol. The van der Waals surface area contributed by atoms with E-state index >= 15 is 0 Å². The van der Waals surface area contributed by atoms with E-state index in [-0.39, 0.29) is 16.9 Å². The predicted molar refractivity (Wildman–Crippen MR) is 99.0 cm³/mol. The number of benzene rings is 2. The molecular weight excluding hydrogens is 471 g/mol. The first kappa shape index (κ1) is 18.6. The molecule has 3 nitrogen and oxygen atoms in total. The van der Waals surface area contributed by atoms with E-state index in [0.717, 1.165) is 4.47 Å². The first-order valence-corrected chi connectivity index (χ1v) is 8.95. The summed E-state index contributed by atoms with van der Waals surface area (Å²) in [6.45, 7) is 3.76. The number of carbonyl (C=O) groups is 1. The minimum Gasteiger partial charge on any atom is -0.490 e. The van der Waals surface area contributed by atoms with Gasteiger partial charge in [0.25, 0.3) is 0 Å². The maximum atomic E-state index is 12.5. The minimum atomic E-state index is -0.577. The van der Waals surface area contributed by atoms with Crippen molar-refractivity contribution in [1.82, 2.24) is 0 Å². The molecule has 7 heteroatoms.